The minimum atomic E-state index is -0.335. The number of ether oxygens (including phenoxy) is 1. The zero-order valence-corrected chi connectivity index (χ0v) is 11.8. The van der Waals surface area contributed by atoms with Gasteiger partial charge in [0.05, 0.1) is 24.2 Å². The molecule has 0 saturated carbocycles. The average Bonchev–Trinajstić information content (AvgIpc) is 2.80. The van der Waals surface area contributed by atoms with Crippen LogP contribution in [0.15, 0.2) is 18.2 Å². The predicted octanol–water partition coefficient (Wildman–Crippen LogP) is 2.51. The van der Waals surface area contributed by atoms with Gasteiger partial charge in [-0.05, 0) is 24.6 Å². The van der Waals surface area contributed by atoms with E-state index in [4.69, 9.17) is 10.5 Å². The molecule has 2 aromatic rings. The number of nitrogen functional groups attached to an aromatic ring is 1. The number of imidazole rings is 1. The van der Waals surface area contributed by atoms with Crippen LogP contribution in [0.4, 0.5) is 10.5 Å². The van der Waals surface area contributed by atoms with Crippen molar-refractivity contribution >= 4 is 22.8 Å². The van der Waals surface area contributed by atoms with E-state index in [9.17, 15) is 4.79 Å². The summed E-state index contributed by atoms with van der Waals surface area (Å²) in [5.41, 5.74) is 8.10. The summed E-state index contributed by atoms with van der Waals surface area (Å²) in [7, 11) is 1.69. The van der Waals surface area contributed by atoms with Crippen LogP contribution in [-0.4, -0.2) is 34.6 Å². The third-order valence-corrected chi connectivity index (χ3v) is 2.98. The monoisotopic (exact) mass is 276 g/mol. The summed E-state index contributed by atoms with van der Waals surface area (Å²) in [5, 5.41) is 0. The number of nitrogens with one attached hydrogen (secondary N) is 1. The van der Waals surface area contributed by atoms with Crippen LogP contribution in [0.2, 0.25) is 0 Å². The van der Waals surface area contributed by atoms with Gasteiger partial charge in [0.1, 0.15) is 5.82 Å². The van der Waals surface area contributed by atoms with E-state index >= 15 is 0 Å². The Morgan fingerprint density at radius 2 is 2.30 bits per heavy atom. The summed E-state index contributed by atoms with van der Waals surface area (Å²) in [6.07, 6.45) is 1.55. The number of H-pyrrole nitrogens is 1. The summed E-state index contributed by atoms with van der Waals surface area (Å²) in [6.45, 7) is 2.88. The van der Waals surface area contributed by atoms with E-state index < -0.39 is 0 Å². The highest BCUT2D eigenvalue weighted by Gasteiger charge is 2.12. The molecule has 6 nitrogen and oxygen atoms in total. The number of nitrogens with two attached hydrogens (primary N) is 1. The molecule has 0 atom stereocenters. The number of nitrogens with zero attached hydrogens (tertiary/aromatic N) is 2. The minimum absolute atomic E-state index is 0.335. The summed E-state index contributed by atoms with van der Waals surface area (Å²) >= 11 is 0. The molecule has 2 rings (SSSR count). The number of hydrogen-bond acceptors (Lipinski definition) is 4. The summed E-state index contributed by atoms with van der Waals surface area (Å²) in [4.78, 5) is 20.8. The lowest BCUT2D eigenvalue weighted by Crippen LogP contribution is -2.27. The van der Waals surface area contributed by atoms with E-state index in [-0.39, 0.29) is 6.09 Å². The molecule has 0 radical (unpaired) electrons. The van der Waals surface area contributed by atoms with Crippen molar-refractivity contribution in [3.05, 3.63) is 24.0 Å². The molecular weight excluding hydrogens is 256 g/mol. The molecule has 0 aliphatic rings. The highest BCUT2D eigenvalue weighted by Crippen LogP contribution is 2.15. The fourth-order valence-corrected chi connectivity index (χ4v) is 1.86. The second-order valence-corrected chi connectivity index (χ2v) is 4.78. The number of hydrogen-bond donors (Lipinski definition) is 2. The first-order chi connectivity index (χ1) is 9.60. The Balaban J connectivity index is 1.98. The van der Waals surface area contributed by atoms with Crippen LogP contribution in [0.5, 0.6) is 0 Å². The van der Waals surface area contributed by atoms with E-state index in [1.165, 1.54) is 4.90 Å². The van der Waals surface area contributed by atoms with Crippen molar-refractivity contribution < 1.29 is 9.53 Å². The lowest BCUT2D eigenvalue weighted by molar-refractivity contribution is 0.107. The van der Waals surface area contributed by atoms with E-state index in [2.05, 4.69) is 16.9 Å². The van der Waals surface area contributed by atoms with Crippen LogP contribution < -0.4 is 5.73 Å². The van der Waals surface area contributed by atoms with Gasteiger partial charge in [-0.3, -0.25) is 0 Å². The molecule has 1 aromatic carbocycles. The Bertz CT molecular complexity index is 594. The Morgan fingerprint density at radius 3 is 3.05 bits per heavy atom. The molecule has 0 bridgehead atoms. The van der Waals surface area contributed by atoms with Gasteiger partial charge in [0.25, 0.3) is 0 Å². The van der Waals surface area contributed by atoms with Crippen LogP contribution in [0.25, 0.3) is 11.0 Å². The normalized spacial score (nSPS) is 10.7. The number of carbonyl (C=O) groups excluding carboxylic acids is 1. The molecule has 0 saturated heterocycles. The number of carbonyl (C=O) groups is 1. The zero-order chi connectivity index (χ0) is 14.5. The lowest BCUT2D eigenvalue weighted by Gasteiger charge is -2.15. The second kappa shape index (κ2) is 6.27. The third kappa shape index (κ3) is 3.40. The van der Waals surface area contributed by atoms with Gasteiger partial charge in [-0.15, -0.1) is 0 Å². The fraction of sp³-hybridized carbons (Fsp3) is 0.429. The van der Waals surface area contributed by atoms with Gasteiger partial charge < -0.3 is 20.4 Å². The van der Waals surface area contributed by atoms with Crippen molar-refractivity contribution in [2.24, 2.45) is 0 Å². The van der Waals surface area contributed by atoms with Gasteiger partial charge in [0.15, 0.2) is 0 Å². The SMILES string of the molecule is CCCCOC(=O)N(C)Cc1nc2ccc(N)cc2[nH]1. The van der Waals surface area contributed by atoms with Gasteiger partial charge in [-0.25, -0.2) is 9.78 Å². The van der Waals surface area contributed by atoms with Gasteiger partial charge in [-0.1, -0.05) is 13.3 Å². The third-order valence-electron chi connectivity index (χ3n) is 2.98. The maximum Gasteiger partial charge on any atom is 0.409 e. The lowest BCUT2D eigenvalue weighted by atomic mass is 10.3. The van der Waals surface area contributed by atoms with Crippen molar-refractivity contribution in [2.45, 2.75) is 26.3 Å². The van der Waals surface area contributed by atoms with E-state index in [1.54, 1.807) is 13.1 Å². The molecule has 0 spiro atoms. The molecule has 6 heteroatoms. The molecule has 0 unspecified atom stereocenters. The molecule has 0 aliphatic carbocycles. The minimum Gasteiger partial charge on any atom is -0.449 e. The van der Waals surface area contributed by atoms with E-state index in [1.807, 2.05) is 12.1 Å². The van der Waals surface area contributed by atoms with Crippen LogP contribution in [-0.2, 0) is 11.3 Å². The Morgan fingerprint density at radius 1 is 1.50 bits per heavy atom. The summed E-state index contributed by atoms with van der Waals surface area (Å²) in [5.74, 6) is 0.709. The van der Waals surface area contributed by atoms with Crippen molar-refractivity contribution in [1.82, 2.24) is 14.9 Å². The first kappa shape index (κ1) is 14.2. The molecule has 0 aliphatic heterocycles. The van der Waals surface area contributed by atoms with Crippen molar-refractivity contribution in [1.29, 1.82) is 0 Å². The number of amides is 1. The first-order valence-corrected chi connectivity index (χ1v) is 6.72. The topological polar surface area (TPSA) is 84.2 Å². The number of unbranched alkanes of at least 4 members (excludes halogenated alkanes) is 1. The maximum absolute atomic E-state index is 11.7. The van der Waals surface area contributed by atoms with E-state index in [0.717, 1.165) is 23.9 Å². The number of anilines is 1. The Kier molecular flexibility index (Phi) is 4.45. The predicted molar refractivity (Wildman–Crippen MR) is 78.2 cm³/mol. The zero-order valence-electron chi connectivity index (χ0n) is 11.8. The summed E-state index contributed by atoms with van der Waals surface area (Å²) in [6, 6.07) is 5.48. The van der Waals surface area contributed by atoms with E-state index in [0.29, 0.717) is 24.7 Å². The molecule has 1 amide bonds. The Hall–Kier alpha value is -2.24. The molecule has 3 N–H and O–H groups in total. The number of benzene rings is 1. The summed E-state index contributed by atoms with van der Waals surface area (Å²) < 4.78 is 5.13. The molecule has 20 heavy (non-hydrogen) atoms. The molecule has 1 aromatic heterocycles. The van der Waals surface area contributed by atoms with Gasteiger partial charge in [0.2, 0.25) is 0 Å². The molecule has 108 valence electrons. The average molecular weight is 276 g/mol. The van der Waals surface area contributed by atoms with Gasteiger partial charge in [-0.2, -0.15) is 0 Å². The molecule has 1 heterocycles. The van der Waals surface area contributed by atoms with Crippen LogP contribution >= 0.6 is 0 Å². The largest absolute Gasteiger partial charge is 0.449 e. The van der Waals surface area contributed by atoms with Crippen molar-refractivity contribution in [3.63, 3.8) is 0 Å². The van der Waals surface area contributed by atoms with Gasteiger partial charge >= 0.3 is 6.09 Å². The Labute approximate surface area is 117 Å². The highest BCUT2D eigenvalue weighted by molar-refractivity contribution is 5.78. The van der Waals surface area contributed by atoms with Gasteiger partial charge in [0, 0.05) is 12.7 Å². The van der Waals surface area contributed by atoms with Crippen LogP contribution in [0.3, 0.4) is 0 Å². The number of fused-ring (bicyclic) bond motifs is 1. The quantitative estimate of drug-likeness (QED) is 0.649. The number of aromatic amines is 1. The smallest absolute Gasteiger partial charge is 0.409 e. The fourth-order valence-electron chi connectivity index (χ4n) is 1.86. The van der Waals surface area contributed by atoms with Crippen molar-refractivity contribution in [2.75, 3.05) is 19.4 Å². The number of rotatable bonds is 5. The maximum atomic E-state index is 11.7. The second-order valence-electron chi connectivity index (χ2n) is 4.78. The van der Waals surface area contributed by atoms with Crippen molar-refractivity contribution in [3.8, 4) is 0 Å². The highest BCUT2D eigenvalue weighted by atomic mass is 16.6. The number of aromatic nitrogens is 2. The first-order valence-electron chi connectivity index (χ1n) is 6.72. The standard InChI is InChI=1S/C14H20N4O2/c1-3-4-7-20-14(19)18(2)9-13-16-11-6-5-10(15)8-12(11)17-13/h5-6,8H,3-4,7,9,15H2,1-2H3,(H,16,17). The van der Waals surface area contributed by atoms with Crippen LogP contribution in [0, 0.1) is 0 Å². The van der Waals surface area contributed by atoms with Crippen LogP contribution in [0.1, 0.15) is 25.6 Å². The molecular formula is C14H20N4O2. The molecule has 0 fully saturated rings.